The molecule has 1 amide bonds. The summed E-state index contributed by atoms with van der Waals surface area (Å²) in [7, 11) is -3.59. The summed E-state index contributed by atoms with van der Waals surface area (Å²) in [6, 6.07) is 12.3. The van der Waals surface area contributed by atoms with Crippen molar-refractivity contribution in [2.24, 2.45) is 0 Å². The lowest BCUT2D eigenvalue weighted by molar-refractivity contribution is -0.122. The Morgan fingerprint density at radius 3 is 2.67 bits per heavy atom. The lowest BCUT2D eigenvalue weighted by Gasteiger charge is -2.33. The van der Waals surface area contributed by atoms with Crippen LogP contribution in [0.2, 0.25) is 5.02 Å². The molecule has 156 valence electrons. The van der Waals surface area contributed by atoms with Crippen molar-refractivity contribution in [3.8, 4) is 16.3 Å². The van der Waals surface area contributed by atoms with E-state index in [1.54, 1.807) is 30.3 Å². The minimum absolute atomic E-state index is 0.135. The molecule has 1 N–H and O–H groups in total. The third-order valence-electron chi connectivity index (χ3n) is 4.42. The molecule has 0 spiro atoms. The van der Waals surface area contributed by atoms with Crippen LogP contribution in [0.5, 0.6) is 5.75 Å². The molecule has 1 aromatic heterocycles. The Hall–Kier alpha value is -2.69. The highest BCUT2D eigenvalue weighted by Gasteiger charge is 2.35. The number of sulfonamides is 1. The molecule has 0 unspecified atom stereocenters. The third-order valence-corrected chi connectivity index (χ3v) is 6.71. The summed E-state index contributed by atoms with van der Waals surface area (Å²) in [5, 5.41) is 12.2. The van der Waals surface area contributed by atoms with Gasteiger partial charge in [0, 0.05) is 10.6 Å². The molecule has 3 aromatic rings. The lowest BCUT2D eigenvalue weighted by Crippen LogP contribution is -2.48. The second kappa shape index (κ2) is 7.86. The van der Waals surface area contributed by atoms with Gasteiger partial charge in [-0.3, -0.25) is 14.4 Å². The molecular formula is C19H17ClN4O4S2. The molecule has 0 radical (unpaired) electrons. The smallest absolute Gasteiger partial charge is 0.269 e. The van der Waals surface area contributed by atoms with Crippen molar-refractivity contribution >= 4 is 49.7 Å². The SMILES string of the molecule is Cc1ccc2c(c1)O[C@@H](C(=O)Nc1nnc(-c3ccc(Cl)cc3)s1)CN2S(C)(=O)=O. The highest BCUT2D eigenvalue weighted by Crippen LogP contribution is 2.36. The second-order valence-corrected chi connectivity index (χ2v) is 10.1. The van der Waals surface area contributed by atoms with Crippen LogP contribution in [0.4, 0.5) is 10.8 Å². The van der Waals surface area contributed by atoms with E-state index in [0.717, 1.165) is 17.4 Å². The first kappa shape index (κ1) is 20.6. The van der Waals surface area contributed by atoms with Crippen molar-refractivity contribution in [3.63, 3.8) is 0 Å². The largest absolute Gasteiger partial charge is 0.476 e. The monoisotopic (exact) mass is 464 g/mol. The number of benzene rings is 2. The first-order valence-corrected chi connectivity index (χ1v) is 11.9. The number of hydrogen-bond acceptors (Lipinski definition) is 7. The average molecular weight is 465 g/mol. The van der Waals surface area contributed by atoms with Gasteiger partial charge >= 0.3 is 0 Å². The number of amides is 1. The van der Waals surface area contributed by atoms with Crippen LogP contribution in [0, 0.1) is 6.92 Å². The molecule has 1 aliphatic rings. The second-order valence-electron chi connectivity index (χ2n) is 6.78. The summed E-state index contributed by atoms with van der Waals surface area (Å²) in [5.74, 6) is -0.166. The molecule has 0 aliphatic carbocycles. The molecule has 11 heteroatoms. The molecule has 30 heavy (non-hydrogen) atoms. The molecule has 0 bridgehead atoms. The van der Waals surface area contributed by atoms with Crippen LogP contribution in [0.15, 0.2) is 42.5 Å². The zero-order valence-electron chi connectivity index (χ0n) is 16.0. The van der Waals surface area contributed by atoms with E-state index < -0.39 is 22.0 Å². The summed E-state index contributed by atoms with van der Waals surface area (Å²) < 4.78 is 31.5. The molecule has 0 fully saturated rings. The molecule has 2 heterocycles. The van der Waals surface area contributed by atoms with Gasteiger partial charge in [0.25, 0.3) is 5.91 Å². The Labute approximate surface area is 182 Å². The predicted molar refractivity (Wildman–Crippen MR) is 117 cm³/mol. The fraction of sp³-hybridized carbons (Fsp3) is 0.211. The zero-order chi connectivity index (χ0) is 21.5. The number of aromatic nitrogens is 2. The van der Waals surface area contributed by atoms with Crippen LogP contribution in [0.1, 0.15) is 5.56 Å². The molecule has 4 rings (SSSR count). The van der Waals surface area contributed by atoms with Gasteiger partial charge in [-0.1, -0.05) is 41.1 Å². The number of fused-ring (bicyclic) bond motifs is 1. The minimum Gasteiger partial charge on any atom is -0.476 e. The van der Waals surface area contributed by atoms with Gasteiger partial charge in [-0.05, 0) is 36.8 Å². The fourth-order valence-corrected chi connectivity index (χ4v) is 4.77. The molecule has 2 aromatic carbocycles. The molecule has 1 atom stereocenters. The van der Waals surface area contributed by atoms with Gasteiger partial charge in [0.05, 0.1) is 18.5 Å². The maximum absolute atomic E-state index is 12.8. The van der Waals surface area contributed by atoms with Gasteiger partial charge in [-0.25, -0.2) is 8.42 Å². The number of anilines is 2. The van der Waals surface area contributed by atoms with Gasteiger partial charge < -0.3 is 4.74 Å². The van der Waals surface area contributed by atoms with E-state index in [2.05, 4.69) is 15.5 Å². The maximum atomic E-state index is 12.8. The first-order chi connectivity index (χ1) is 14.2. The Bertz CT molecular complexity index is 1210. The van der Waals surface area contributed by atoms with E-state index in [4.69, 9.17) is 16.3 Å². The standard InChI is InChI=1S/C19H17ClN4O4S2/c1-11-3-8-14-15(9-11)28-16(10-24(14)30(2,26)27)17(25)21-19-23-22-18(29-19)12-4-6-13(20)7-5-12/h3-9,16H,10H2,1-2H3,(H,21,23,25)/t16-/m1/s1. The Morgan fingerprint density at radius 1 is 1.23 bits per heavy atom. The van der Waals surface area contributed by atoms with Gasteiger partial charge in [0.15, 0.2) is 6.10 Å². The number of ether oxygens (including phenoxy) is 1. The van der Waals surface area contributed by atoms with E-state index in [9.17, 15) is 13.2 Å². The number of carbonyl (C=O) groups is 1. The Morgan fingerprint density at radius 2 is 1.97 bits per heavy atom. The van der Waals surface area contributed by atoms with Crippen molar-refractivity contribution in [1.29, 1.82) is 0 Å². The highest BCUT2D eigenvalue weighted by molar-refractivity contribution is 7.92. The summed E-state index contributed by atoms with van der Waals surface area (Å²) in [6.07, 6.45) is 0.0666. The average Bonchev–Trinajstić information content (AvgIpc) is 3.15. The van der Waals surface area contributed by atoms with Crippen molar-refractivity contribution < 1.29 is 17.9 Å². The van der Waals surface area contributed by atoms with Crippen molar-refractivity contribution in [1.82, 2.24) is 10.2 Å². The number of aryl methyl sites for hydroxylation is 1. The van der Waals surface area contributed by atoms with Gasteiger partial charge in [0.1, 0.15) is 10.8 Å². The van der Waals surface area contributed by atoms with E-state index in [1.807, 2.05) is 19.1 Å². The number of carbonyl (C=O) groups excluding carboxylic acids is 1. The van der Waals surface area contributed by atoms with Crippen LogP contribution < -0.4 is 14.4 Å². The van der Waals surface area contributed by atoms with E-state index in [-0.39, 0.29) is 11.7 Å². The van der Waals surface area contributed by atoms with E-state index in [1.165, 1.54) is 15.6 Å². The van der Waals surface area contributed by atoms with Gasteiger partial charge in [0.2, 0.25) is 15.2 Å². The van der Waals surface area contributed by atoms with Crippen molar-refractivity contribution in [3.05, 3.63) is 53.1 Å². The van der Waals surface area contributed by atoms with E-state index in [0.29, 0.717) is 21.5 Å². The summed E-state index contributed by atoms with van der Waals surface area (Å²) >= 11 is 7.09. The molecular weight excluding hydrogens is 448 g/mol. The number of nitrogens with one attached hydrogen (secondary N) is 1. The van der Waals surface area contributed by atoms with Crippen molar-refractivity contribution in [2.75, 3.05) is 22.4 Å². The molecule has 0 saturated carbocycles. The third kappa shape index (κ3) is 4.25. The molecule has 8 nitrogen and oxygen atoms in total. The maximum Gasteiger partial charge on any atom is 0.269 e. The van der Waals surface area contributed by atoms with Gasteiger partial charge in [-0.15, -0.1) is 10.2 Å². The first-order valence-electron chi connectivity index (χ1n) is 8.86. The van der Waals surface area contributed by atoms with Crippen LogP contribution in [-0.4, -0.2) is 43.4 Å². The summed E-state index contributed by atoms with van der Waals surface area (Å²) in [4.78, 5) is 12.8. The Kier molecular flexibility index (Phi) is 5.39. The Balaban J connectivity index is 1.55. The summed E-state index contributed by atoms with van der Waals surface area (Å²) in [6.45, 7) is 1.72. The number of nitrogens with zero attached hydrogens (tertiary/aromatic N) is 3. The quantitative estimate of drug-likeness (QED) is 0.635. The zero-order valence-corrected chi connectivity index (χ0v) is 18.4. The summed E-state index contributed by atoms with van der Waals surface area (Å²) in [5.41, 5.74) is 2.12. The number of hydrogen-bond donors (Lipinski definition) is 1. The fourth-order valence-electron chi connectivity index (χ4n) is 2.98. The van der Waals surface area contributed by atoms with E-state index >= 15 is 0 Å². The normalized spacial score (nSPS) is 16.0. The number of rotatable bonds is 4. The van der Waals surface area contributed by atoms with Crippen LogP contribution in [0.3, 0.4) is 0 Å². The molecule has 0 saturated heterocycles. The van der Waals surface area contributed by atoms with Crippen molar-refractivity contribution in [2.45, 2.75) is 13.0 Å². The minimum atomic E-state index is -3.59. The van der Waals surface area contributed by atoms with Crippen LogP contribution >= 0.6 is 22.9 Å². The highest BCUT2D eigenvalue weighted by atomic mass is 35.5. The lowest BCUT2D eigenvalue weighted by atomic mass is 10.1. The van der Waals surface area contributed by atoms with Gasteiger partial charge in [-0.2, -0.15) is 0 Å². The molecule has 1 aliphatic heterocycles. The van der Waals surface area contributed by atoms with Crippen LogP contribution in [-0.2, 0) is 14.8 Å². The number of halogens is 1. The topological polar surface area (TPSA) is 101 Å². The van der Waals surface area contributed by atoms with Crippen LogP contribution in [0.25, 0.3) is 10.6 Å². The predicted octanol–water partition coefficient (Wildman–Crippen LogP) is 3.33.